The van der Waals surface area contributed by atoms with Crippen LogP contribution in [-0.4, -0.2) is 33.0 Å². The smallest absolute Gasteiger partial charge is 0.303 e. The van der Waals surface area contributed by atoms with E-state index in [9.17, 15) is 4.57 Å². The molecule has 0 aromatic carbocycles. The van der Waals surface area contributed by atoms with Crippen LogP contribution < -0.4 is 0 Å². The summed E-state index contributed by atoms with van der Waals surface area (Å²) in [5.74, 6) is 0.338. The SMILES string of the molecule is O=P(O)(O)OC(CCl)(CCCl)CCCl. The van der Waals surface area contributed by atoms with Crippen LogP contribution in [0.2, 0.25) is 0 Å². The van der Waals surface area contributed by atoms with Gasteiger partial charge in [-0.3, -0.25) is 4.52 Å². The molecule has 0 bridgehead atoms. The molecular weight excluding hydrogens is 273 g/mol. The molecule has 0 fully saturated rings. The van der Waals surface area contributed by atoms with E-state index in [1.54, 1.807) is 0 Å². The molecule has 14 heavy (non-hydrogen) atoms. The van der Waals surface area contributed by atoms with Crippen LogP contribution in [0, 0.1) is 0 Å². The lowest BCUT2D eigenvalue weighted by Gasteiger charge is -2.30. The molecule has 0 saturated carbocycles. The number of hydrogen-bond donors (Lipinski definition) is 2. The van der Waals surface area contributed by atoms with E-state index in [0.717, 1.165) is 0 Å². The second kappa shape index (κ2) is 6.54. The van der Waals surface area contributed by atoms with E-state index < -0.39 is 13.4 Å². The van der Waals surface area contributed by atoms with Crippen molar-refractivity contribution in [3.8, 4) is 0 Å². The van der Waals surface area contributed by atoms with Gasteiger partial charge in [-0.15, -0.1) is 34.8 Å². The van der Waals surface area contributed by atoms with Crippen molar-refractivity contribution in [3.63, 3.8) is 0 Å². The molecule has 0 aromatic heterocycles. The summed E-state index contributed by atoms with van der Waals surface area (Å²) in [5, 5.41) is 0. The fourth-order valence-corrected chi connectivity index (χ4v) is 2.81. The highest BCUT2D eigenvalue weighted by Gasteiger charge is 2.36. The minimum atomic E-state index is -4.56. The normalized spacial score (nSPS) is 13.2. The quantitative estimate of drug-likeness (QED) is 0.556. The summed E-state index contributed by atoms with van der Waals surface area (Å²) in [6, 6.07) is 0. The fraction of sp³-hybridized carbons (Fsp3) is 1.00. The van der Waals surface area contributed by atoms with Gasteiger partial charge in [-0.25, -0.2) is 4.57 Å². The Bertz CT molecular complexity index is 201. The predicted octanol–water partition coefficient (Wildman–Crippen LogP) is 2.33. The first-order valence-electron chi connectivity index (χ1n) is 3.83. The van der Waals surface area contributed by atoms with Gasteiger partial charge in [0.05, 0.1) is 11.5 Å². The second-order valence-electron chi connectivity index (χ2n) is 2.78. The number of hydrogen-bond acceptors (Lipinski definition) is 2. The Balaban J connectivity index is 4.56. The Labute approximate surface area is 97.7 Å². The molecule has 86 valence electrons. The van der Waals surface area contributed by atoms with Gasteiger partial charge < -0.3 is 9.79 Å². The van der Waals surface area contributed by atoms with Crippen LogP contribution in [0.3, 0.4) is 0 Å². The Morgan fingerprint density at radius 3 is 1.79 bits per heavy atom. The lowest BCUT2D eigenvalue weighted by Crippen LogP contribution is -2.35. The second-order valence-corrected chi connectivity index (χ2v) is 4.96. The van der Waals surface area contributed by atoms with E-state index >= 15 is 0 Å². The number of alkyl halides is 3. The standard InChI is InChI=1S/C6H12Cl3O4P/c7-3-1-6(5-9,2-4-8)13-14(10,11)12/h1-5H2,(H2,10,11,12). The van der Waals surface area contributed by atoms with Crippen molar-refractivity contribution in [2.75, 3.05) is 17.6 Å². The van der Waals surface area contributed by atoms with Crippen molar-refractivity contribution in [2.24, 2.45) is 0 Å². The molecule has 4 nitrogen and oxygen atoms in total. The minimum Gasteiger partial charge on any atom is -0.303 e. The summed E-state index contributed by atoms with van der Waals surface area (Å²) in [4.78, 5) is 17.4. The third-order valence-corrected chi connectivity index (χ3v) is 3.15. The van der Waals surface area contributed by atoms with Crippen LogP contribution in [0.4, 0.5) is 0 Å². The molecule has 0 spiro atoms. The molecule has 0 aromatic rings. The molecule has 2 N–H and O–H groups in total. The topological polar surface area (TPSA) is 66.8 Å². The van der Waals surface area contributed by atoms with Gasteiger partial charge in [0, 0.05) is 11.8 Å². The summed E-state index contributed by atoms with van der Waals surface area (Å²) in [6.07, 6.45) is 0.492. The number of phosphoric ester groups is 1. The van der Waals surface area contributed by atoms with E-state index in [0.29, 0.717) is 0 Å². The number of halogens is 3. The van der Waals surface area contributed by atoms with Crippen molar-refractivity contribution in [1.82, 2.24) is 0 Å². The van der Waals surface area contributed by atoms with E-state index in [2.05, 4.69) is 4.52 Å². The monoisotopic (exact) mass is 284 g/mol. The van der Waals surface area contributed by atoms with Gasteiger partial charge in [0.1, 0.15) is 0 Å². The summed E-state index contributed by atoms with van der Waals surface area (Å²) in [5.41, 5.74) is -1.13. The molecule has 0 amide bonds. The zero-order valence-electron chi connectivity index (χ0n) is 7.33. The largest absolute Gasteiger partial charge is 0.470 e. The molecule has 0 atom stereocenters. The van der Waals surface area contributed by atoms with Gasteiger partial charge in [-0.05, 0) is 12.8 Å². The minimum absolute atomic E-state index is 0.0580. The maximum atomic E-state index is 10.7. The molecule has 0 unspecified atom stereocenters. The van der Waals surface area contributed by atoms with Crippen molar-refractivity contribution in [3.05, 3.63) is 0 Å². The summed E-state index contributed by atoms with van der Waals surface area (Å²) < 4.78 is 15.3. The van der Waals surface area contributed by atoms with Crippen LogP contribution >= 0.6 is 42.6 Å². The van der Waals surface area contributed by atoms with Gasteiger partial charge >= 0.3 is 7.82 Å². The van der Waals surface area contributed by atoms with Gasteiger partial charge in [-0.2, -0.15) is 0 Å². The first kappa shape index (κ1) is 15.0. The Morgan fingerprint density at radius 1 is 1.14 bits per heavy atom. The van der Waals surface area contributed by atoms with Gasteiger partial charge in [0.25, 0.3) is 0 Å². The molecule has 0 radical (unpaired) electrons. The molecule has 0 aliphatic heterocycles. The van der Waals surface area contributed by atoms with Crippen LogP contribution in [0.25, 0.3) is 0 Å². The summed E-state index contributed by atoms with van der Waals surface area (Å²) >= 11 is 16.6. The lowest BCUT2D eigenvalue weighted by atomic mass is 10.0. The van der Waals surface area contributed by atoms with E-state index in [-0.39, 0.29) is 30.5 Å². The molecule has 0 saturated heterocycles. The Morgan fingerprint density at radius 2 is 1.57 bits per heavy atom. The van der Waals surface area contributed by atoms with Crippen molar-refractivity contribution in [2.45, 2.75) is 18.4 Å². The Hall–Kier alpha value is 0.980. The summed E-state index contributed by atoms with van der Waals surface area (Å²) in [6.45, 7) is 0. The lowest BCUT2D eigenvalue weighted by molar-refractivity contribution is 0.0473. The number of rotatable bonds is 7. The third-order valence-electron chi connectivity index (χ3n) is 1.66. The number of phosphoric acid groups is 1. The van der Waals surface area contributed by atoms with Crippen LogP contribution in [0.1, 0.15) is 12.8 Å². The maximum absolute atomic E-state index is 10.7. The fourth-order valence-electron chi connectivity index (χ4n) is 0.971. The maximum Gasteiger partial charge on any atom is 0.470 e. The van der Waals surface area contributed by atoms with Gasteiger partial charge in [0.2, 0.25) is 0 Å². The highest BCUT2D eigenvalue weighted by molar-refractivity contribution is 7.46. The van der Waals surface area contributed by atoms with Crippen LogP contribution in [0.15, 0.2) is 0 Å². The van der Waals surface area contributed by atoms with Crippen LogP contribution in [-0.2, 0) is 9.09 Å². The molecule has 0 rings (SSSR count). The predicted molar refractivity (Wildman–Crippen MR) is 57.3 cm³/mol. The average Bonchev–Trinajstić information content (AvgIpc) is 2.02. The van der Waals surface area contributed by atoms with E-state index in [1.165, 1.54) is 0 Å². The van der Waals surface area contributed by atoms with Crippen molar-refractivity contribution < 1.29 is 18.9 Å². The van der Waals surface area contributed by atoms with Gasteiger partial charge in [0.15, 0.2) is 0 Å². The molecule has 0 aliphatic rings. The van der Waals surface area contributed by atoms with Crippen molar-refractivity contribution >= 4 is 42.6 Å². The van der Waals surface area contributed by atoms with E-state index in [1.807, 2.05) is 0 Å². The van der Waals surface area contributed by atoms with Gasteiger partial charge in [-0.1, -0.05) is 0 Å². The van der Waals surface area contributed by atoms with E-state index in [4.69, 9.17) is 44.6 Å². The average molecular weight is 285 g/mol. The third kappa shape index (κ3) is 5.76. The molecule has 0 aliphatic carbocycles. The first-order chi connectivity index (χ1) is 6.39. The molecule has 0 heterocycles. The summed E-state index contributed by atoms with van der Waals surface area (Å²) in [7, 11) is -4.56. The van der Waals surface area contributed by atoms with Crippen LogP contribution in [0.5, 0.6) is 0 Å². The zero-order valence-corrected chi connectivity index (χ0v) is 10.5. The zero-order chi connectivity index (χ0) is 11.2. The highest BCUT2D eigenvalue weighted by atomic mass is 35.5. The highest BCUT2D eigenvalue weighted by Crippen LogP contribution is 2.44. The molecular formula is C6H12Cl3O4P. The van der Waals surface area contributed by atoms with Crippen molar-refractivity contribution in [1.29, 1.82) is 0 Å². The Kier molecular flexibility index (Phi) is 7.00. The first-order valence-corrected chi connectivity index (χ1v) is 6.97. The molecule has 8 heteroatoms.